The molecule has 0 aromatic carbocycles. The van der Waals surface area contributed by atoms with E-state index in [0.717, 1.165) is 57.0 Å². The van der Waals surface area contributed by atoms with Gasteiger partial charge in [-0.3, -0.25) is 9.89 Å². The van der Waals surface area contributed by atoms with Crippen LogP contribution < -0.4 is 10.6 Å². The fourth-order valence-electron chi connectivity index (χ4n) is 4.19. The van der Waals surface area contributed by atoms with E-state index >= 15 is 0 Å². The van der Waals surface area contributed by atoms with Crippen LogP contribution in [-0.4, -0.2) is 72.1 Å². The molecule has 1 saturated carbocycles. The van der Waals surface area contributed by atoms with E-state index in [9.17, 15) is 0 Å². The van der Waals surface area contributed by atoms with Gasteiger partial charge in [-0.1, -0.05) is 19.3 Å². The summed E-state index contributed by atoms with van der Waals surface area (Å²) in [4.78, 5) is 6.98. The van der Waals surface area contributed by atoms with Crippen LogP contribution in [0.5, 0.6) is 0 Å². The van der Waals surface area contributed by atoms with Gasteiger partial charge in [0.2, 0.25) is 0 Å². The van der Waals surface area contributed by atoms with Crippen LogP contribution in [0.3, 0.4) is 0 Å². The second kappa shape index (κ2) is 11.3. The Bertz CT molecular complexity index is 622. The highest BCUT2D eigenvalue weighted by atomic mass is 127. The topological polar surface area (TPSA) is 79.6 Å². The number of hydrogen-bond acceptors (Lipinski definition) is 5. The third-order valence-corrected chi connectivity index (χ3v) is 6.03. The molecule has 1 aliphatic carbocycles. The van der Waals surface area contributed by atoms with Crippen LogP contribution >= 0.6 is 24.0 Å². The summed E-state index contributed by atoms with van der Waals surface area (Å²) in [5.41, 5.74) is 0.328. The van der Waals surface area contributed by atoms with Crippen molar-refractivity contribution in [3.63, 3.8) is 0 Å². The zero-order valence-electron chi connectivity index (χ0n) is 17.5. The van der Waals surface area contributed by atoms with Gasteiger partial charge in [0.15, 0.2) is 11.8 Å². The predicted octanol–water partition coefficient (Wildman–Crippen LogP) is 1.69. The highest BCUT2D eigenvalue weighted by Crippen LogP contribution is 2.36. The van der Waals surface area contributed by atoms with Crippen LogP contribution in [0, 0.1) is 12.3 Å². The zero-order valence-corrected chi connectivity index (χ0v) is 19.9. The number of aliphatic imine (C=N–C) groups is 1. The number of nitrogens with zero attached hydrogens (tertiary/aromatic N) is 5. The molecule has 0 unspecified atom stereocenters. The number of halogens is 1. The SMILES string of the molecule is CN=C(NCc1nnc(C)n1C)NCC1(CN2CCOCC2)CCCCC1.I. The average Bonchev–Trinajstić information content (AvgIpc) is 3.02. The maximum absolute atomic E-state index is 5.52. The van der Waals surface area contributed by atoms with E-state index in [1.54, 1.807) is 0 Å². The van der Waals surface area contributed by atoms with Crippen LogP contribution in [0.25, 0.3) is 0 Å². The number of hydrogen-bond donors (Lipinski definition) is 2. The van der Waals surface area contributed by atoms with E-state index in [1.165, 1.54) is 32.1 Å². The number of aromatic nitrogens is 3. The fraction of sp³-hybridized carbons (Fsp3) is 0.842. The van der Waals surface area contributed by atoms with Gasteiger partial charge in [0.05, 0.1) is 19.8 Å². The minimum atomic E-state index is 0. The Morgan fingerprint density at radius 1 is 1.14 bits per heavy atom. The summed E-state index contributed by atoms with van der Waals surface area (Å²) in [7, 11) is 3.81. The lowest BCUT2D eigenvalue weighted by Gasteiger charge is -2.42. The van der Waals surface area contributed by atoms with Gasteiger partial charge in [0, 0.05) is 45.7 Å². The fourth-order valence-corrected chi connectivity index (χ4v) is 4.19. The van der Waals surface area contributed by atoms with Crippen molar-refractivity contribution in [1.82, 2.24) is 30.3 Å². The number of aryl methyl sites for hydroxylation is 1. The minimum absolute atomic E-state index is 0. The molecule has 0 atom stereocenters. The minimum Gasteiger partial charge on any atom is -0.379 e. The average molecular weight is 505 g/mol. The lowest BCUT2D eigenvalue weighted by Crippen LogP contribution is -2.51. The molecule has 1 aliphatic heterocycles. The highest BCUT2D eigenvalue weighted by molar-refractivity contribution is 14.0. The number of morpholine rings is 1. The van der Waals surface area contributed by atoms with Crippen molar-refractivity contribution in [1.29, 1.82) is 0 Å². The van der Waals surface area contributed by atoms with Crippen LogP contribution in [-0.2, 0) is 18.3 Å². The first-order valence-electron chi connectivity index (χ1n) is 10.2. The molecule has 2 heterocycles. The molecule has 28 heavy (non-hydrogen) atoms. The van der Waals surface area contributed by atoms with E-state index in [1.807, 2.05) is 25.6 Å². The Kier molecular flexibility index (Phi) is 9.42. The molecule has 1 saturated heterocycles. The molecule has 0 spiro atoms. The Morgan fingerprint density at radius 3 is 2.46 bits per heavy atom. The molecule has 160 valence electrons. The second-order valence-electron chi connectivity index (χ2n) is 7.95. The van der Waals surface area contributed by atoms with Gasteiger partial charge >= 0.3 is 0 Å². The molecule has 0 radical (unpaired) electrons. The monoisotopic (exact) mass is 505 g/mol. The Morgan fingerprint density at radius 2 is 1.86 bits per heavy atom. The van der Waals surface area contributed by atoms with Crippen LogP contribution in [0.4, 0.5) is 0 Å². The maximum atomic E-state index is 5.52. The summed E-state index contributed by atoms with van der Waals surface area (Å²) in [6.45, 7) is 8.54. The van der Waals surface area contributed by atoms with Gasteiger partial charge in [0.25, 0.3) is 0 Å². The van der Waals surface area contributed by atoms with Gasteiger partial charge < -0.3 is 19.9 Å². The molecule has 1 aromatic rings. The van der Waals surface area contributed by atoms with Gasteiger partial charge in [-0.2, -0.15) is 0 Å². The lowest BCUT2D eigenvalue weighted by atomic mass is 9.73. The van der Waals surface area contributed by atoms with Crippen LogP contribution in [0.15, 0.2) is 4.99 Å². The normalized spacial score (nSPS) is 20.5. The van der Waals surface area contributed by atoms with E-state index in [-0.39, 0.29) is 24.0 Å². The first kappa shape index (κ1) is 23.3. The summed E-state index contributed by atoms with van der Waals surface area (Å²) in [6.07, 6.45) is 6.60. The van der Waals surface area contributed by atoms with Gasteiger partial charge in [0.1, 0.15) is 5.82 Å². The third kappa shape index (κ3) is 6.28. The second-order valence-corrected chi connectivity index (χ2v) is 7.95. The van der Waals surface area contributed by atoms with Crippen molar-refractivity contribution >= 4 is 29.9 Å². The van der Waals surface area contributed by atoms with Crippen LogP contribution in [0.2, 0.25) is 0 Å². The zero-order chi connectivity index (χ0) is 19.1. The summed E-state index contributed by atoms with van der Waals surface area (Å²) in [5.74, 6) is 2.67. The smallest absolute Gasteiger partial charge is 0.191 e. The summed E-state index contributed by atoms with van der Waals surface area (Å²) < 4.78 is 7.52. The number of guanidine groups is 1. The Labute approximate surface area is 185 Å². The van der Waals surface area contributed by atoms with E-state index in [4.69, 9.17) is 4.74 Å². The van der Waals surface area contributed by atoms with Crippen molar-refractivity contribution in [2.75, 3.05) is 46.4 Å². The molecular weight excluding hydrogens is 469 g/mol. The molecule has 1 aromatic heterocycles. The number of rotatable bonds is 6. The molecule has 8 nitrogen and oxygen atoms in total. The standard InChI is InChI=1S/C19H35N7O.HI/c1-16-23-24-17(25(16)3)13-21-18(20-2)22-14-19(7-5-4-6-8-19)15-26-9-11-27-12-10-26;/h4-15H2,1-3H3,(H2,20,21,22);1H. The molecule has 2 aliphatic rings. The molecule has 0 bridgehead atoms. The molecule has 0 amide bonds. The van der Waals surface area contributed by atoms with Crippen molar-refractivity contribution in [3.8, 4) is 0 Å². The first-order valence-corrected chi connectivity index (χ1v) is 10.2. The van der Waals surface area contributed by atoms with Crippen molar-refractivity contribution < 1.29 is 4.74 Å². The lowest BCUT2D eigenvalue weighted by molar-refractivity contribution is 0.00820. The summed E-state index contributed by atoms with van der Waals surface area (Å²) in [5, 5.41) is 15.3. The molecule has 3 rings (SSSR count). The summed E-state index contributed by atoms with van der Waals surface area (Å²) >= 11 is 0. The Balaban J connectivity index is 0.00000280. The van der Waals surface area contributed by atoms with Gasteiger partial charge in [-0.15, -0.1) is 34.2 Å². The first-order chi connectivity index (χ1) is 13.1. The van der Waals surface area contributed by atoms with E-state index in [0.29, 0.717) is 12.0 Å². The third-order valence-electron chi connectivity index (χ3n) is 6.03. The largest absolute Gasteiger partial charge is 0.379 e. The number of nitrogens with one attached hydrogen (secondary N) is 2. The van der Waals surface area contributed by atoms with E-state index in [2.05, 4.69) is 30.7 Å². The molecule has 2 N–H and O–H groups in total. The van der Waals surface area contributed by atoms with Crippen molar-refractivity contribution in [3.05, 3.63) is 11.6 Å². The maximum Gasteiger partial charge on any atom is 0.191 e. The quantitative estimate of drug-likeness (QED) is 0.348. The van der Waals surface area contributed by atoms with Gasteiger partial charge in [-0.05, 0) is 19.8 Å². The van der Waals surface area contributed by atoms with E-state index < -0.39 is 0 Å². The highest BCUT2D eigenvalue weighted by Gasteiger charge is 2.34. The molecule has 9 heteroatoms. The predicted molar refractivity (Wildman–Crippen MR) is 122 cm³/mol. The van der Waals surface area contributed by atoms with Crippen LogP contribution in [0.1, 0.15) is 43.8 Å². The number of ether oxygens (including phenoxy) is 1. The molecule has 2 fully saturated rings. The van der Waals surface area contributed by atoms with Crippen molar-refractivity contribution in [2.24, 2.45) is 17.5 Å². The van der Waals surface area contributed by atoms with Gasteiger partial charge in [-0.25, -0.2) is 0 Å². The summed E-state index contributed by atoms with van der Waals surface area (Å²) in [6, 6.07) is 0. The molecular formula is C19H36IN7O. The van der Waals surface area contributed by atoms with Crippen molar-refractivity contribution in [2.45, 2.75) is 45.6 Å². The Hall–Kier alpha value is -0.940.